The first-order valence-corrected chi connectivity index (χ1v) is 26.7. The molecular weight excluding hydrogens is 1040 g/mol. The highest BCUT2D eigenvalue weighted by Gasteiger charge is 2.46. The average molecular weight is 1110 g/mol. The van der Waals surface area contributed by atoms with E-state index in [2.05, 4.69) is 20.0 Å². The Bertz CT molecular complexity index is 3100. The van der Waals surface area contributed by atoms with Gasteiger partial charge in [-0.25, -0.2) is 27.6 Å². The number of rotatable bonds is 24. The van der Waals surface area contributed by atoms with Gasteiger partial charge in [-0.1, -0.05) is 31.2 Å². The van der Waals surface area contributed by atoms with E-state index in [0.717, 1.165) is 43.6 Å². The molecule has 0 saturated carbocycles. The van der Waals surface area contributed by atoms with Crippen molar-refractivity contribution in [2.45, 2.75) is 95.7 Å². The molecule has 2 saturated heterocycles. The van der Waals surface area contributed by atoms with Gasteiger partial charge in [-0.2, -0.15) is 9.67 Å². The number of halogens is 2. The summed E-state index contributed by atoms with van der Waals surface area (Å²) in [6, 6.07) is 23.4. The summed E-state index contributed by atoms with van der Waals surface area (Å²) in [5.74, 6) is -2.31. The summed E-state index contributed by atoms with van der Waals surface area (Å²) < 4.78 is 65.2. The fraction of sp³-hybridized carbons (Fsp3) is 0.446. The van der Waals surface area contributed by atoms with E-state index < -0.39 is 72.3 Å². The second-order valence-corrected chi connectivity index (χ2v) is 20.1. The molecule has 2 aliphatic heterocycles. The standard InChI is InChI=1S/C56H71F2N12O10/c1-5-50(37(2)79-53(73)49(61)29-71)70-54(74)69(35-63-70)44-15-13-42(14-16-44)65-23-25-66(26-24-65)43-17-19-45(20-18-43)76-30-39-28-56(78-31-39,46-21-12-41(57)27-47(46)58)33-68-36-67(34-62-68)38(3)80-55(75)64(4)51-11-7-6-9-40(51)32-77-52(72)48(60)10-8-22-59/h6-7,9,11-21,27,34-39,48-50,71H,5,8,10,22-26,28-33,59-61H2,1-4H3/q+1/t37-,38?,39+,48-,49-,50-,56-/m0/s1. The van der Waals surface area contributed by atoms with Gasteiger partial charge in [0.1, 0.15) is 60.7 Å². The summed E-state index contributed by atoms with van der Waals surface area (Å²) in [5.41, 5.74) is 19.4. The SMILES string of the molecule is CC[C@@H]([C@H](C)OC(=O)[C@@H](N)CO)n1ncn(-c2ccc(N3CCN(c4ccc(OC[C@@H]5CO[C@@](Cn6c[n+](C(C)OC(=O)N(C)c7ccccc7COC(=O)[C@@H](N)CCCN)cn6)(c6ccc(F)cc6F)C5)cc4)CC3)cc2)c1=O. The van der Waals surface area contributed by atoms with Crippen molar-refractivity contribution in [3.8, 4) is 11.4 Å². The largest absolute Gasteiger partial charge is 0.493 e. The van der Waals surface area contributed by atoms with Crippen molar-refractivity contribution in [2.75, 3.05) is 74.3 Å². The molecule has 6 aromatic rings. The van der Waals surface area contributed by atoms with Crippen molar-refractivity contribution in [3.63, 3.8) is 0 Å². The molecule has 0 bridgehead atoms. The maximum Gasteiger partial charge on any atom is 0.416 e. The van der Waals surface area contributed by atoms with Crippen molar-refractivity contribution in [3.05, 3.63) is 143 Å². The van der Waals surface area contributed by atoms with E-state index in [4.69, 9.17) is 40.9 Å². The van der Waals surface area contributed by atoms with Gasteiger partial charge in [0.2, 0.25) is 12.6 Å². The van der Waals surface area contributed by atoms with Crippen molar-refractivity contribution in [1.82, 2.24) is 24.1 Å². The molecule has 7 N–H and O–H groups in total. The zero-order valence-corrected chi connectivity index (χ0v) is 45.4. The minimum atomic E-state index is -1.25. The van der Waals surface area contributed by atoms with Gasteiger partial charge in [-0.05, 0) is 99.8 Å². The first-order chi connectivity index (χ1) is 38.5. The van der Waals surface area contributed by atoms with Crippen molar-refractivity contribution in [2.24, 2.45) is 23.1 Å². The first-order valence-electron chi connectivity index (χ1n) is 26.7. The molecule has 0 radical (unpaired) electrons. The van der Waals surface area contributed by atoms with Gasteiger partial charge < -0.3 is 55.8 Å². The molecule has 1 unspecified atom stereocenters. The summed E-state index contributed by atoms with van der Waals surface area (Å²) in [7, 11) is 1.54. The smallest absolute Gasteiger partial charge is 0.416 e. The molecule has 4 heterocycles. The van der Waals surface area contributed by atoms with Crippen LogP contribution in [0.1, 0.15) is 69.9 Å². The van der Waals surface area contributed by atoms with Crippen LogP contribution in [0.2, 0.25) is 0 Å². The Hall–Kier alpha value is -7.77. The molecule has 8 rings (SSSR count). The van der Waals surface area contributed by atoms with Gasteiger partial charge in [-0.15, -0.1) is 4.68 Å². The first kappa shape index (κ1) is 58.4. The highest BCUT2D eigenvalue weighted by Crippen LogP contribution is 2.42. The number of anilines is 3. The van der Waals surface area contributed by atoms with Gasteiger partial charge in [0.25, 0.3) is 6.33 Å². The van der Waals surface area contributed by atoms with Crippen LogP contribution in [0.3, 0.4) is 0 Å². The second-order valence-electron chi connectivity index (χ2n) is 20.1. The van der Waals surface area contributed by atoms with Crippen molar-refractivity contribution in [1.29, 1.82) is 0 Å². The number of aliphatic hydroxyl groups excluding tert-OH is 1. The Morgan fingerprint density at radius 2 is 1.57 bits per heavy atom. The number of aliphatic hydroxyl groups is 1. The number of carbonyl (C=O) groups excluding carboxylic acids is 3. The predicted molar refractivity (Wildman–Crippen MR) is 291 cm³/mol. The number of carbonyl (C=O) groups is 3. The molecule has 2 aromatic heterocycles. The zero-order valence-electron chi connectivity index (χ0n) is 45.4. The van der Waals surface area contributed by atoms with E-state index in [9.17, 15) is 28.7 Å². The van der Waals surface area contributed by atoms with E-state index in [0.29, 0.717) is 54.9 Å². The number of hydrogen-bond donors (Lipinski definition) is 4. The number of piperazine rings is 1. The van der Waals surface area contributed by atoms with Crippen LogP contribution >= 0.6 is 0 Å². The number of esters is 2. The van der Waals surface area contributed by atoms with Crippen LogP contribution in [0, 0.1) is 17.6 Å². The van der Waals surface area contributed by atoms with Crippen molar-refractivity contribution >= 4 is 35.1 Å². The van der Waals surface area contributed by atoms with E-state index >= 15 is 4.39 Å². The predicted octanol–water partition coefficient (Wildman–Crippen LogP) is 4.24. The Balaban J connectivity index is 0.833. The molecule has 2 aliphatic rings. The van der Waals surface area contributed by atoms with E-state index in [1.165, 1.54) is 38.9 Å². The monoisotopic (exact) mass is 1110 g/mol. The molecule has 22 nitrogen and oxygen atoms in total. The van der Waals surface area contributed by atoms with Crippen LogP contribution in [0.15, 0.2) is 115 Å². The maximum absolute atomic E-state index is 15.7. The third-order valence-electron chi connectivity index (χ3n) is 14.6. The molecule has 80 heavy (non-hydrogen) atoms. The minimum absolute atomic E-state index is 0.0502. The number of nitrogens with zero attached hydrogens (tertiary/aromatic N) is 9. The molecule has 428 valence electrons. The molecule has 24 heteroatoms. The molecule has 1 amide bonds. The zero-order chi connectivity index (χ0) is 57.1. The third kappa shape index (κ3) is 13.8. The van der Waals surface area contributed by atoms with Gasteiger partial charge in [-0.3, -0.25) is 14.5 Å². The second kappa shape index (κ2) is 26.5. The minimum Gasteiger partial charge on any atom is -0.493 e. The fourth-order valence-corrected chi connectivity index (χ4v) is 10.00. The van der Waals surface area contributed by atoms with Crippen LogP contribution in [-0.2, 0) is 47.3 Å². The molecule has 0 spiro atoms. The van der Waals surface area contributed by atoms with Gasteiger partial charge in [0.05, 0.1) is 37.2 Å². The topological polar surface area (TPSA) is 267 Å². The summed E-state index contributed by atoms with van der Waals surface area (Å²) >= 11 is 0. The highest BCUT2D eigenvalue weighted by atomic mass is 19.1. The molecule has 7 atom stereocenters. The summed E-state index contributed by atoms with van der Waals surface area (Å²) in [4.78, 5) is 57.5. The number of aromatic nitrogens is 6. The molecular formula is C56H71F2N12O10+. The van der Waals surface area contributed by atoms with Crippen LogP contribution in [-0.4, -0.2) is 125 Å². The van der Waals surface area contributed by atoms with E-state index in [-0.39, 0.29) is 43.5 Å². The van der Waals surface area contributed by atoms with E-state index in [1.54, 1.807) is 60.7 Å². The summed E-state index contributed by atoms with van der Waals surface area (Å²) in [6.45, 7) is 8.54. The third-order valence-corrected chi connectivity index (χ3v) is 14.6. The quantitative estimate of drug-likeness (QED) is 0.0375. The fourth-order valence-electron chi connectivity index (χ4n) is 10.00. The lowest BCUT2D eigenvalue weighted by Crippen LogP contribution is -2.46. The van der Waals surface area contributed by atoms with Gasteiger partial charge >= 0.3 is 23.7 Å². The van der Waals surface area contributed by atoms with Crippen LogP contribution < -0.4 is 46.9 Å². The Morgan fingerprint density at radius 3 is 2.24 bits per heavy atom. The lowest BCUT2D eigenvalue weighted by atomic mass is 9.87. The lowest BCUT2D eigenvalue weighted by molar-refractivity contribution is -0.753. The maximum atomic E-state index is 15.7. The Labute approximate surface area is 462 Å². The van der Waals surface area contributed by atoms with Crippen LogP contribution in [0.5, 0.6) is 5.75 Å². The van der Waals surface area contributed by atoms with Crippen molar-refractivity contribution < 1.29 is 56.5 Å². The van der Waals surface area contributed by atoms with Gasteiger partial charge in [0.15, 0.2) is 0 Å². The number of ether oxygens (including phenoxy) is 5. The normalized spacial score (nSPS) is 18.2. The van der Waals surface area contributed by atoms with Gasteiger partial charge in [0, 0.05) is 79.7 Å². The van der Waals surface area contributed by atoms with Crippen LogP contribution in [0.25, 0.3) is 5.69 Å². The molecule has 4 aromatic carbocycles. The Kier molecular flexibility index (Phi) is 19.3. The lowest BCUT2D eigenvalue weighted by Gasteiger charge is -2.37. The number of para-hydroxylation sites is 1. The molecule has 0 aliphatic carbocycles. The number of hydrogen-bond acceptors (Lipinski definition) is 17. The number of nitrogens with two attached hydrogens (primary N) is 3. The summed E-state index contributed by atoms with van der Waals surface area (Å²) in [6.07, 6.45) is 4.07. The summed E-state index contributed by atoms with van der Waals surface area (Å²) in [5, 5.41) is 18.0. The number of benzene rings is 4. The number of amides is 1. The van der Waals surface area contributed by atoms with E-state index in [1.807, 2.05) is 55.5 Å². The highest BCUT2D eigenvalue weighted by molar-refractivity contribution is 5.88. The Morgan fingerprint density at radius 1 is 0.900 bits per heavy atom. The van der Waals surface area contributed by atoms with Crippen LogP contribution in [0.4, 0.5) is 30.6 Å². The average Bonchev–Trinajstić information content (AvgIpc) is 4.22. The molecule has 2 fully saturated rings.